The van der Waals surface area contributed by atoms with Gasteiger partial charge in [0.05, 0.1) is 11.7 Å². The molecule has 3 N–H and O–H groups in total. The van der Waals surface area contributed by atoms with Crippen LogP contribution in [0.15, 0.2) is 30.5 Å². The number of ether oxygens (including phenoxy) is 1. The molecule has 0 radical (unpaired) electrons. The van der Waals surface area contributed by atoms with E-state index < -0.39 is 5.91 Å². The molecule has 7 heteroatoms. The molecule has 1 heterocycles. The van der Waals surface area contributed by atoms with Crippen LogP contribution in [0.1, 0.15) is 29.8 Å². The molecule has 22 heavy (non-hydrogen) atoms. The number of nitrogens with two attached hydrogens (primary N) is 1. The minimum atomic E-state index is -0.620. The van der Waals surface area contributed by atoms with Crippen molar-refractivity contribution >= 4 is 23.3 Å². The van der Waals surface area contributed by atoms with Crippen molar-refractivity contribution in [1.29, 1.82) is 0 Å². The maximum absolute atomic E-state index is 11.4. The lowest BCUT2D eigenvalue weighted by Crippen LogP contribution is -2.16. The zero-order valence-electron chi connectivity index (χ0n) is 12.3. The highest BCUT2D eigenvalue weighted by molar-refractivity contribution is 6.28. The summed E-state index contributed by atoms with van der Waals surface area (Å²) in [7, 11) is 0. The van der Waals surface area contributed by atoms with Gasteiger partial charge in [-0.2, -0.15) is 4.98 Å². The van der Waals surface area contributed by atoms with Crippen LogP contribution in [0, 0.1) is 0 Å². The largest absolute Gasteiger partial charge is 0.491 e. The summed E-state index contributed by atoms with van der Waals surface area (Å²) in [5.74, 6) is 0.448. The lowest BCUT2D eigenvalue weighted by molar-refractivity contribution is 0.100. The number of primary amides is 1. The van der Waals surface area contributed by atoms with Crippen LogP contribution >= 0.6 is 11.6 Å². The van der Waals surface area contributed by atoms with Gasteiger partial charge in [0.15, 0.2) is 0 Å². The van der Waals surface area contributed by atoms with Crippen molar-refractivity contribution < 1.29 is 9.53 Å². The zero-order chi connectivity index (χ0) is 16.1. The minimum Gasteiger partial charge on any atom is -0.491 e. The molecule has 0 spiro atoms. The van der Waals surface area contributed by atoms with Crippen LogP contribution in [0.2, 0.25) is 5.28 Å². The second-order valence-corrected chi connectivity index (χ2v) is 5.23. The van der Waals surface area contributed by atoms with Gasteiger partial charge < -0.3 is 15.8 Å². The molecule has 0 fully saturated rings. The van der Waals surface area contributed by atoms with E-state index in [1.54, 1.807) is 0 Å². The van der Waals surface area contributed by atoms with Crippen molar-refractivity contribution in [2.24, 2.45) is 5.73 Å². The van der Waals surface area contributed by atoms with Crippen LogP contribution in [0.5, 0.6) is 5.75 Å². The maximum atomic E-state index is 11.4. The third kappa shape index (κ3) is 4.08. The average Bonchev–Trinajstić information content (AvgIpc) is 2.45. The molecule has 0 aliphatic carbocycles. The smallest absolute Gasteiger partial charge is 0.254 e. The molecule has 1 amide bonds. The second-order valence-electron chi connectivity index (χ2n) is 4.89. The fraction of sp³-hybridized carbons (Fsp3) is 0.267. The van der Waals surface area contributed by atoms with Crippen LogP contribution in [0.4, 0.5) is 5.82 Å². The molecule has 0 saturated heterocycles. The van der Waals surface area contributed by atoms with Gasteiger partial charge in [0, 0.05) is 18.3 Å². The van der Waals surface area contributed by atoms with Gasteiger partial charge in [-0.05, 0) is 31.5 Å². The van der Waals surface area contributed by atoms with E-state index in [-0.39, 0.29) is 17.0 Å². The van der Waals surface area contributed by atoms with E-state index in [9.17, 15) is 4.79 Å². The number of hydrogen-bond acceptors (Lipinski definition) is 5. The SMILES string of the molecule is CC(C)Oc1ccccc1CNc1nc(Cl)ncc1C(N)=O. The fourth-order valence-electron chi connectivity index (χ4n) is 1.87. The number of amides is 1. The van der Waals surface area contributed by atoms with Crippen molar-refractivity contribution in [3.8, 4) is 5.75 Å². The molecular weight excluding hydrogens is 304 g/mol. The van der Waals surface area contributed by atoms with Gasteiger partial charge >= 0.3 is 0 Å². The number of anilines is 1. The Kier molecular flexibility index (Phi) is 5.16. The van der Waals surface area contributed by atoms with E-state index in [1.807, 2.05) is 38.1 Å². The number of rotatable bonds is 6. The predicted octanol–water partition coefficient (Wildman–Crippen LogP) is 2.63. The molecule has 0 aliphatic rings. The number of aromatic nitrogens is 2. The fourth-order valence-corrected chi connectivity index (χ4v) is 2.01. The number of hydrogen-bond donors (Lipinski definition) is 2. The first-order valence-corrected chi connectivity index (χ1v) is 7.16. The van der Waals surface area contributed by atoms with E-state index in [0.29, 0.717) is 12.4 Å². The summed E-state index contributed by atoms with van der Waals surface area (Å²) < 4.78 is 5.74. The highest BCUT2D eigenvalue weighted by Crippen LogP contribution is 2.21. The van der Waals surface area contributed by atoms with E-state index in [1.165, 1.54) is 6.20 Å². The monoisotopic (exact) mass is 320 g/mol. The summed E-state index contributed by atoms with van der Waals surface area (Å²) >= 11 is 5.76. The number of carbonyl (C=O) groups is 1. The van der Waals surface area contributed by atoms with Crippen LogP contribution in [-0.4, -0.2) is 22.0 Å². The molecule has 2 aromatic rings. The van der Waals surface area contributed by atoms with Gasteiger partial charge in [0.2, 0.25) is 5.28 Å². The number of nitrogens with zero attached hydrogens (tertiary/aromatic N) is 2. The molecule has 0 atom stereocenters. The van der Waals surface area contributed by atoms with Crippen LogP contribution in [0.25, 0.3) is 0 Å². The Morgan fingerprint density at radius 1 is 1.41 bits per heavy atom. The van der Waals surface area contributed by atoms with Crippen molar-refractivity contribution in [1.82, 2.24) is 9.97 Å². The normalized spacial score (nSPS) is 10.5. The summed E-state index contributed by atoms with van der Waals surface area (Å²) in [5, 5.41) is 3.09. The van der Waals surface area contributed by atoms with Crippen molar-refractivity contribution in [2.45, 2.75) is 26.5 Å². The molecule has 1 aromatic carbocycles. The topological polar surface area (TPSA) is 90.1 Å². The number of nitrogens with one attached hydrogen (secondary N) is 1. The van der Waals surface area contributed by atoms with E-state index in [4.69, 9.17) is 22.1 Å². The Morgan fingerprint density at radius 3 is 2.82 bits per heavy atom. The lowest BCUT2D eigenvalue weighted by atomic mass is 10.2. The summed E-state index contributed by atoms with van der Waals surface area (Å²) in [6.45, 7) is 4.33. The van der Waals surface area contributed by atoms with E-state index in [0.717, 1.165) is 11.3 Å². The Hall–Kier alpha value is -2.34. The summed E-state index contributed by atoms with van der Waals surface area (Å²) in [4.78, 5) is 19.2. The predicted molar refractivity (Wildman–Crippen MR) is 85.1 cm³/mol. The van der Waals surface area contributed by atoms with Gasteiger partial charge in [-0.25, -0.2) is 4.98 Å². The maximum Gasteiger partial charge on any atom is 0.254 e. The number of benzene rings is 1. The number of para-hydroxylation sites is 1. The van der Waals surface area contributed by atoms with E-state index >= 15 is 0 Å². The summed E-state index contributed by atoms with van der Waals surface area (Å²) in [6.07, 6.45) is 1.37. The van der Waals surface area contributed by atoms with Crippen molar-refractivity contribution in [3.05, 3.63) is 46.9 Å². The molecule has 116 valence electrons. The van der Waals surface area contributed by atoms with Crippen LogP contribution < -0.4 is 15.8 Å². The highest BCUT2D eigenvalue weighted by Gasteiger charge is 2.12. The summed E-state index contributed by atoms with van der Waals surface area (Å²) in [5.41, 5.74) is 6.42. The molecule has 0 unspecified atom stereocenters. The van der Waals surface area contributed by atoms with Crippen molar-refractivity contribution in [2.75, 3.05) is 5.32 Å². The Bertz CT molecular complexity index is 676. The van der Waals surface area contributed by atoms with Gasteiger partial charge in [0.1, 0.15) is 11.6 Å². The molecule has 0 aliphatic heterocycles. The van der Waals surface area contributed by atoms with Crippen molar-refractivity contribution in [3.63, 3.8) is 0 Å². The average molecular weight is 321 g/mol. The lowest BCUT2D eigenvalue weighted by Gasteiger charge is -2.15. The first kappa shape index (κ1) is 16.0. The molecule has 2 rings (SSSR count). The highest BCUT2D eigenvalue weighted by atomic mass is 35.5. The molecular formula is C15H17ClN4O2. The Morgan fingerprint density at radius 2 is 2.14 bits per heavy atom. The Balaban J connectivity index is 2.20. The minimum absolute atomic E-state index is 0.0409. The van der Waals surface area contributed by atoms with Gasteiger partial charge in [-0.3, -0.25) is 4.79 Å². The molecule has 0 saturated carbocycles. The van der Waals surface area contributed by atoms with Gasteiger partial charge in [-0.15, -0.1) is 0 Å². The van der Waals surface area contributed by atoms with Crippen LogP contribution in [0.3, 0.4) is 0 Å². The van der Waals surface area contributed by atoms with Gasteiger partial charge in [0.25, 0.3) is 5.91 Å². The third-order valence-electron chi connectivity index (χ3n) is 2.81. The summed E-state index contributed by atoms with van der Waals surface area (Å²) in [6, 6.07) is 7.63. The number of halogens is 1. The Labute approximate surface area is 133 Å². The first-order valence-electron chi connectivity index (χ1n) is 6.78. The van der Waals surface area contributed by atoms with Gasteiger partial charge in [-0.1, -0.05) is 18.2 Å². The standard InChI is InChI=1S/C15H17ClN4O2/c1-9(2)22-12-6-4-3-5-10(12)7-18-14-11(13(17)21)8-19-15(16)20-14/h3-6,8-9H,7H2,1-2H3,(H2,17,21)(H,18,19,20). The van der Waals surface area contributed by atoms with Crippen LogP contribution in [-0.2, 0) is 6.54 Å². The zero-order valence-corrected chi connectivity index (χ0v) is 13.1. The van der Waals surface area contributed by atoms with E-state index in [2.05, 4.69) is 15.3 Å². The third-order valence-corrected chi connectivity index (χ3v) is 2.99. The first-order chi connectivity index (χ1) is 10.5. The number of carbonyl (C=O) groups excluding carboxylic acids is 1. The molecule has 0 bridgehead atoms. The second kappa shape index (κ2) is 7.09. The molecule has 6 nitrogen and oxygen atoms in total. The quantitative estimate of drug-likeness (QED) is 0.798. The molecule has 1 aromatic heterocycles.